The summed E-state index contributed by atoms with van der Waals surface area (Å²) < 4.78 is 8.34. The molecular formula is C20H16N5O2+. The third-order valence-electron chi connectivity index (χ3n) is 4.48. The number of hydrogen-bond donors (Lipinski definition) is 1. The van der Waals surface area contributed by atoms with Crippen LogP contribution in [0.2, 0.25) is 0 Å². The Morgan fingerprint density at radius 1 is 1.26 bits per heavy atom. The lowest BCUT2D eigenvalue weighted by molar-refractivity contribution is -0.649. The number of pyridine rings is 2. The van der Waals surface area contributed by atoms with Crippen LogP contribution in [-0.4, -0.2) is 16.5 Å². The molecule has 132 valence electrons. The van der Waals surface area contributed by atoms with Crippen molar-refractivity contribution in [1.82, 2.24) is 9.38 Å². The van der Waals surface area contributed by atoms with Gasteiger partial charge in [-0.05, 0) is 35.9 Å². The number of anilines is 1. The summed E-state index contributed by atoms with van der Waals surface area (Å²) in [5.41, 5.74) is 8.13. The first kappa shape index (κ1) is 16.5. The average Bonchev–Trinajstić information content (AvgIpc) is 2.71. The van der Waals surface area contributed by atoms with Crippen molar-refractivity contribution >= 4 is 22.5 Å². The third kappa shape index (κ3) is 2.73. The minimum atomic E-state index is -0.240. The third-order valence-corrected chi connectivity index (χ3v) is 4.48. The monoisotopic (exact) mass is 358 g/mol. The van der Waals surface area contributed by atoms with Gasteiger partial charge in [-0.15, -0.1) is 0 Å². The zero-order chi connectivity index (χ0) is 19.0. The Labute approximate surface area is 154 Å². The number of nitriles is 1. The standard InChI is InChI=1S/C20H15N5O2/c1-27-15-7-5-13(6-8-15)12-25-18(22)14(11-21)10-16-19(25)23-17-4-2-3-9-24(17)20(16)26/h2-10,22H,12H2,1H3/p+1. The van der Waals surface area contributed by atoms with E-state index in [0.717, 1.165) is 11.3 Å². The molecule has 4 aromatic rings. The Hall–Kier alpha value is -3.92. The van der Waals surface area contributed by atoms with E-state index in [1.54, 1.807) is 30.0 Å². The van der Waals surface area contributed by atoms with Crippen LogP contribution in [0.25, 0.3) is 16.7 Å². The number of ether oxygens (including phenoxy) is 1. The molecule has 3 aromatic heterocycles. The molecule has 7 heteroatoms. The van der Waals surface area contributed by atoms with Crippen LogP contribution >= 0.6 is 0 Å². The van der Waals surface area contributed by atoms with E-state index in [1.165, 1.54) is 10.5 Å². The maximum Gasteiger partial charge on any atom is 0.278 e. The molecule has 0 aliphatic rings. The van der Waals surface area contributed by atoms with E-state index in [0.29, 0.717) is 23.2 Å². The first-order valence-electron chi connectivity index (χ1n) is 8.29. The SMILES string of the molecule is COc1ccc(C[n+]2c(N)c(C#N)cc3c(=O)n4ccccc4nc32)cc1. The number of nitrogens with two attached hydrogens (primary N) is 1. The molecule has 0 atom stereocenters. The summed E-state index contributed by atoms with van der Waals surface area (Å²) in [5.74, 6) is 1.02. The van der Waals surface area contributed by atoms with E-state index in [1.807, 2.05) is 30.3 Å². The predicted molar refractivity (Wildman–Crippen MR) is 100 cm³/mol. The Balaban J connectivity index is 2.00. The van der Waals surface area contributed by atoms with Crippen LogP contribution in [0.15, 0.2) is 59.5 Å². The molecule has 0 amide bonds. The highest BCUT2D eigenvalue weighted by Crippen LogP contribution is 2.16. The molecule has 0 radical (unpaired) electrons. The van der Waals surface area contributed by atoms with Gasteiger partial charge in [0.05, 0.1) is 13.7 Å². The van der Waals surface area contributed by atoms with Gasteiger partial charge in [0.2, 0.25) is 11.5 Å². The Bertz CT molecular complexity index is 1270. The normalized spacial score (nSPS) is 10.8. The van der Waals surface area contributed by atoms with Gasteiger partial charge in [0.15, 0.2) is 0 Å². The van der Waals surface area contributed by atoms with Crippen molar-refractivity contribution < 1.29 is 9.30 Å². The first-order chi connectivity index (χ1) is 13.1. The minimum Gasteiger partial charge on any atom is -0.497 e. The van der Waals surface area contributed by atoms with Gasteiger partial charge in [-0.3, -0.25) is 9.20 Å². The zero-order valence-electron chi connectivity index (χ0n) is 14.6. The summed E-state index contributed by atoms with van der Waals surface area (Å²) in [6, 6.07) is 16.4. The van der Waals surface area contributed by atoms with E-state index >= 15 is 0 Å². The molecule has 27 heavy (non-hydrogen) atoms. The van der Waals surface area contributed by atoms with Gasteiger partial charge in [0.1, 0.15) is 22.8 Å². The van der Waals surface area contributed by atoms with Gasteiger partial charge >= 0.3 is 0 Å². The van der Waals surface area contributed by atoms with Gasteiger partial charge in [0, 0.05) is 6.20 Å². The number of fused-ring (bicyclic) bond motifs is 2. The molecule has 0 aliphatic carbocycles. The van der Waals surface area contributed by atoms with E-state index in [9.17, 15) is 10.1 Å². The number of nitrogens with zero attached hydrogens (tertiary/aromatic N) is 4. The summed E-state index contributed by atoms with van der Waals surface area (Å²) in [4.78, 5) is 17.5. The molecule has 0 unspecified atom stereocenters. The highest BCUT2D eigenvalue weighted by atomic mass is 16.5. The average molecular weight is 358 g/mol. The van der Waals surface area contributed by atoms with Crippen LogP contribution in [0.5, 0.6) is 5.75 Å². The lowest BCUT2D eigenvalue weighted by atomic mass is 10.1. The van der Waals surface area contributed by atoms with Gasteiger partial charge in [0.25, 0.3) is 11.2 Å². The molecule has 2 N–H and O–H groups in total. The summed E-state index contributed by atoms with van der Waals surface area (Å²) in [6.45, 7) is 0.372. The summed E-state index contributed by atoms with van der Waals surface area (Å²) in [6.07, 6.45) is 1.65. The fraction of sp³-hybridized carbons (Fsp3) is 0.100. The first-order valence-corrected chi connectivity index (χ1v) is 8.29. The Morgan fingerprint density at radius 2 is 2.04 bits per heavy atom. The Morgan fingerprint density at radius 3 is 2.74 bits per heavy atom. The Kier molecular flexibility index (Phi) is 3.94. The molecular weight excluding hydrogens is 342 g/mol. The number of nitrogen functional groups attached to an aromatic ring is 1. The fourth-order valence-electron chi connectivity index (χ4n) is 3.06. The van der Waals surface area contributed by atoms with Gasteiger partial charge in [-0.2, -0.15) is 5.26 Å². The van der Waals surface area contributed by atoms with E-state index in [4.69, 9.17) is 10.5 Å². The van der Waals surface area contributed by atoms with E-state index < -0.39 is 0 Å². The largest absolute Gasteiger partial charge is 0.497 e. The van der Waals surface area contributed by atoms with E-state index in [-0.39, 0.29) is 16.9 Å². The lowest BCUT2D eigenvalue weighted by Gasteiger charge is -2.10. The van der Waals surface area contributed by atoms with Crippen molar-refractivity contribution in [2.45, 2.75) is 6.54 Å². The van der Waals surface area contributed by atoms with E-state index in [2.05, 4.69) is 11.1 Å². The van der Waals surface area contributed by atoms with Crippen LogP contribution in [-0.2, 0) is 6.54 Å². The van der Waals surface area contributed by atoms with Gasteiger partial charge in [-0.1, -0.05) is 23.2 Å². The number of rotatable bonds is 3. The van der Waals surface area contributed by atoms with Gasteiger partial charge < -0.3 is 10.5 Å². The number of benzene rings is 1. The molecule has 7 nitrogen and oxygen atoms in total. The van der Waals surface area contributed by atoms with Crippen LogP contribution in [0.4, 0.5) is 5.82 Å². The lowest BCUT2D eigenvalue weighted by Crippen LogP contribution is -2.41. The molecule has 3 heterocycles. The van der Waals surface area contributed by atoms with Crippen LogP contribution in [0.1, 0.15) is 11.1 Å². The molecule has 1 aromatic carbocycles. The van der Waals surface area contributed by atoms with Gasteiger partial charge in [-0.25, -0.2) is 4.57 Å². The molecule has 0 bridgehead atoms. The number of aromatic nitrogens is 3. The van der Waals surface area contributed by atoms with Crippen molar-refractivity contribution in [3.63, 3.8) is 0 Å². The molecule has 0 saturated heterocycles. The second-order valence-electron chi connectivity index (χ2n) is 6.07. The fourth-order valence-corrected chi connectivity index (χ4v) is 3.06. The highest BCUT2D eigenvalue weighted by Gasteiger charge is 2.21. The summed E-state index contributed by atoms with van der Waals surface area (Å²) >= 11 is 0. The topological polar surface area (TPSA) is 97.3 Å². The molecule has 0 spiro atoms. The molecule has 4 rings (SSSR count). The summed E-state index contributed by atoms with van der Waals surface area (Å²) in [5, 5.41) is 9.80. The van der Waals surface area contributed by atoms with Crippen LogP contribution < -0.4 is 20.6 Å². The zero-order valence-corrected chi connectivity index (χ0v) is 14.6. The number of methoxy groups -OCH3 is 1. The molecule has 0 aliphatic heterocycles. The van der Waals surface area contributed by atoms with Crippen molar-refractivity contribution in [1.29, 1.82) is 5.26 Å². The number of hydrogen-bond acceptors (Lipinski definition) is 5. The maximum absolute atomic E-state index is 12.9. The minimum absolute atomic E-state index is 0.240. The highest BCUT2D eigenvalue weighted by molar-refractivity contribution is 5.76. The molecule has 0 fully saturated rings. The van der Waals surface area contributed by atoms with Crippen LogP contribution in [0, 0.1) is 11.3 Å². The molecule has 0 saturated carbocycles. The maximum atomic E-state index is 12.9. The van der Waals surface area contributed by atoms with Crippen molar-refractivity contribution in [3.8, 4) is 11.8 Å². The second kappa shape index (κ2) is 6.42. The smallest absolute Gasteiger partial charge is 0.278 e. The van der Waals surface area contributed by atoms with Crippen LogP contribution in [0.3, 0.4) is 0 Å². The second-order valence-corrected chi connectivity index (χ2v) is 6.07. The van der Waals surface area contributed by atoms with Crippen molar-refractivity contribution in [2.75, 3.05) is 12.8 Å². The summed E-state index contributed by atoms with van der Waals surface area (Å²) in [7, 11) is 1.61. The quantitative estimate of drug-likeness (QED) is 0.444. The van der Waals surface area contributed by atoms with Crippen molar-refractivity contribution in [3.05, 3.63) is 76.2 Å². The van der Waals surface area contributed by atoms with Crippen molar-refractivity contribution in [2.24, 2.45) is 0 Å². The predicted octanol–water partition coefficient (Wildman–Crippen LogP) is 1.65.